The number of alkyl halides is 1. The summed E-state index contributed by atoms with van der Waals surface area (Å²) >= 11 is 5.34. The SMILES string of the molecule is CC=CC(=CC)C(=O)CCl. The van der Waals surface area contributed by atoms with Crippen molar-refractivity contribution in [3.63, 3.8) is 0 Å². The Morgan fingerprint density at radius 2 is 2.10 bits per heavy atom. The van der Waals surface area contributed by atoms with Crippen molar-refractivity contribution in [2.75, 3.05) is 5.88 Å². The van der Waals surface area contributed by atoms with Crippen molar-refractivity contribution >= 4 is 17.4 Å². The maximum Gasteiger partial charge on any atom is 0.177 e. The van der Waals surface area contributed by atoms with E-state index in [4.69, 9.17) is 11.6 Å². The smallest absolute Gasteiger partial charge is 0.177 e. The van der Waals surface area contributed by atoms with E-state index in [0.717, 1.165) is 0 Å². The molecule has 0 aliphatic heterocycles. The van der Waals surface area contributed by atoms with Crippen molar-refractivity contribution in [2.24, 2.45) is 0 Å². The molecule has 10 heavy (non-hydrogen) atoms. The van der Waals surface area contributed by atoms with Crippen LogP contribution in [0, 0.1) is 0 Å². The first-order valence-corrected chi connectivity index (χ1v) is 3.67. The molecule has 56 valence electrons. The normalized spacial score (nSPS) is 12.5. The van der Waals surface area contributed by atoms with Gasteiger partial charge in [0, 0.05) is 5.57 Å². The van der Waals surface area contributed by atoms with Crippen LogP contribution in [0.2, 0.25) is 0 Å². The van der Waals surface area contributed by atoms with Gasteiger partial charge in [0.2, 0.25) is 0 Å². The third kappa shape index (κ3) is 2.83. The number of allylic oxidation sites excluding steroid dienone is 4. The second-order valence-corrected chi connectivity index (χ2v) is 2.07. The van der Waals surface area contributed by atoms with Crippen molar-refractivity contribution in [2.45, 2.75) is 13.8 Å². The summed E-state index contributed by atoms with van der Waals surface area (Å²) in [6, 6.07) is 0. The van der Waals surface area contributed by atoms with E-state index in [1.165, 1.54) is 0 Å². The van der Waals surface area contributed by atoms with Crippen LogP contribution in [0.1, 0.15) is 13.8 Å². The zero-order valence-electron chi connectivity index (χ0n) is 6.23. The van der Waals surface area contributed by atoms with E-state index >= 15 is 0 Å². The highest BCUT2D eigenvalue weighted by Gasteiger charge is 2.00. The van der Waals surface area contributed by atoms with Crippen LogP contribution in [-0.2, 0) is 4.79 Å². The van der Waals surface area contributed by atoms with Gasteiger partial charge in [-0.3, -0.25) is 4.79 Å². The van der Waals surface area contributed by atoms with Crippen LogP contribution in [0.4, 0.5) is 0 Å². The van der Waals surface area contributed by atoms with Gasteiger partial charge in [0.05, 0.1) is 5.88 Å². The molecule has 0 amide bonds. The van der Waals surface area contributed by atoms with Crippen LogP contribution in [0.25, 0.3) is 0 Å². The van der Waals surface area contributed by atoms with Gasteiger partial charge in [-0.15, -0.1) is 11.6 Å². The van der Waals surface area contributed by atoms with E-state index in [1.807, 2.05) is 19.9 Å². The summed E-state index contributed by atoms with van der Waals surface area (Å²) in [4.78, 5) is 10.9. The Morgan fingerprint density at radius 1 is 1.50 bits per heavy atom. The standard InChI is InChI=1S/C8H11ClO/c1-3-5-7(4-2)8(10)6-9/h3-5H,6H2,1-2H3. The minimum absolute atomic E-state index is 0.0257. The van der Waals surface area contributed by atoms with Gasteiger partial charge in [-0.05, 0) is 13.8 Å². The molecular formula is C8H11ClO. The van der Waals surface area contributed by atoms with Crippen LogP contribution < -0.4 is 0 Å². The van der Waals surface area contributed by atoms with Crippen LogP contribution in [0.5, 0.6) is 0 Å². The Morgan fingerprint density at radius 3 is 2.40 bits per heavy atom. The number of rotatable bonds is 3. The molecule has 0 saturated heterocycles. The van der Waals surface area contributed by atoms with E-state index in [9.17, 15) is 4.79 Å². The van der Waals surface area contributed by atoms with Crippen LogP contribution in [0.3, 0.4) is 0 Å². The average Bonchev–Trinajstić information content (AvgIpc) is 1.99. The van der Waals surface area contributed by atoms with Gasteiger partial charge in [0.25, 0.3) is 0 Å². The number of Topliss-reactive ketones (excluding diaryl/α,β-unsaturated/α-hetero) is 1. The molecule has 1 nitrogen and oxygen atoms in total. The molecule has 0 fully saturated rings. The summed E-state index contributed by atoms with van der Waals surface area (Å²) < 4.78 is 0. The predicted molar refractivity (Wildman–Crippen MR) is 44.3 cm³/mol. The first kappa shape index (κ1) is 9.44. The number of hydrogen-bond donors (Lipinski definition) is 0. The fourth-order valence-corrected chi connectivity index (χ4v) is 0.761. The molecule has 0 N–H and O–H groups in total. The van der Waals surface area contributed by atoms with Crippen molar-refractivity contribution in [3.05, 3.63) is 23.8 Å². The molecule has 0 bridgehead atoms. The molecule has 0 spiro atoms. The Hall–Kier alpha value is -0.560. The molecule has 0 heterocycles. The fraction of sp³-hybridized carbons (Fsp3) is 0.375. The summed E-state index contributed by atoms with van der Waals surface area (Å²) in [6.07, 6.45) is 5.33. The van der Waals surface area contributed by atoms with Crippen molar-refractivity contribution in [1.29, 1.82) is 0 Å². The fourth-order valence-electron chi connectivity index (χ4n) is 0.607. The van der Waals surface area contributed by atoms with Gasteiger partial charge in [0.15, 0.2) is 5.78 Å². The molecular weight excluding hydrogens is 148 g/mol. The third-order valence-electron chi connectivity index (χ3n) is 1.10. The largest absolute Gasteiger partial charge is 0.293 e. The highest BCUT2D eigenvalue weighted by atomic mass is 35.5. The van der Waals surface area contributed by atoms with Crippen LogP contribution in [-0.4, -0.2) is 11.7 Å². The number of ketones is 1. The highest BCUT2D eigenvalue weighted by Crippen LogP contribution is 1.99. The second-order valence-electron chi connectivity index (χ2n) is 1.80. The van der Waals surface area contributed by atoms with Crippen LogP contribution >= 0.6 is 11.6 Å². The molecule has 0 rings (SSSR count). The predicted octanol–water partition coefficient (Wildman–Crippen LogP) is 2.32. The first-order chi connectivity index (χ1) is 4.76. The minimum Gasteiger partial charge on any atom is -0.293 e. The van der Waals surface area contributed by atoms with E-state index in [1.54, 1.807) is 12.2 Å². The molecule has 0 saturated carbocycles. The first-order valence-electron chi connectivity index (χ1n) is 3.14. The maximum atomic E-state index is 10.9. The van der Waals surface area contributed by atoms with Crippen molar-refractivity contribution in [3.8, 4) is 0 Å². The molecule has 0 atom stereocenters. The number of hydrogen-bond acceptors (Lipinski definition) is 1. The summed E-state index contributed by atoms with van der Waals surface area (Å²) in [5, 5.41) is 0. The Bertz CT molecular complexity index is 168. The lowest BCUT2D eigenvalue weighted by Crippen LogP contribution is -2.00. The van der Waals surface area contributed by atoms with Crippen molar-refractivity contribution < 1.29 is 4.79 Å². The average molecular weight is 159 g/mol. The third-order valence-corrected chi connectivity index (χ3v) is 1.34. The zero-order chi connectivity index (χ0) is 7.98. The lowest BCUT2D eigenvalue weighted by molar-refractivity contribution is -0.113. The minimum atomic E-state index is -0.0257. The Kier molecular flexibility index (Phi) is 4.95. The summed E-state index contributed by atoms with van der Waals surface area (Å²) in [5.74, 6) is 0.0339. The van der Waals surface area contributed by atoms with E-state index in [2.05, 4.69) is 0 Å². The zero-order valence-corrected chi connectivity index (χ0v) is 6.98. The Balaban J connectivity index is 4.23. The Labute approximate surface area is 66.4 Å². The molecule has 0 aromatic carbocycles. The van der Waals surface area contributed by atoms with Gasteiger partial charge in [-0.1, -0.05) is 18.2 Å². The van der Waals surface area contributed by atoms with E-state index in [-0.39, 0.29) is 11.7 Å². The maximum absolute atomic E-state index is 10.9. The van der Waals surface area contributed by atoms with Gasteiger partial charge in [-0.25, -0.2) is 0 Å². The molecule has 2 heteroatoms. The van der Waals surface area contributed by atoms with Crippen LogP contribution in [0.15, 0.2) is 23.8 Å². The number of carbonyl (C=O) groups excluding carboxylic acids is 1. The molecule has 0 aliphatic carbocycles. The lowest BCUT2D eigenvalue weighted by Gasteiger charge is -1.93. The number of carbonyl (C=O) groups is 1. The van der Waals surface area contributed by atoms with Crippen molar-refractivity contribution in [1.82, 2.24) is 0 Å². The van der Waals surface area contributed by atoms with E-state index in [0.29, 0.717) is 5.57 Å². The van der Waals surface area contributed by atoms with Gasteiger partial charge < -0.3 is 0 Å². The molecule has 0 aromatic rings. The van der Waals surface area contributed by atoms with Gasteiger partial charge >= 0.3 is 0 Å². The second kappa shape index (κ2) is 5.24. The lowest BCUT2D eigenvalue weighted by atomic mass is 10.1. The molecule has 0 aromatic heterocycles. The monoisotopic (exact) mass is 158 g/mol. The van der Waals surface area contributed by atoms with Gasteiger partial charge in [0.1, 0.15) is 0 Å². The quantitative estimate of drug-likeness (QED) is 0.350. The highest BCUT2D eigenvalue weighted by molar-refractivity contribution is 6.30. The molecule has 0 aliphatic rings. The molecule has 0 unspecified atom stereocenters. The summed E-state index contributed by atoms with van der Waals surface area (Å²) in [6.45, 7) is 3.69. The topological polar surface area (TPSA) is 17.1 Å². The number of halogens is 1. The summed E-state index contributed by atoms with van der Waals surface area (Å²) in [5.41, 5.74) is 0.678. The van der Waals surface area contributed by atoms with E-state index < -0.39 is 0 Å². The van der Waals surface area contributed by atoms with Gasteiger partial charge in [-0.2, -0.15) is 0 Å². The summed E-state index contributed by atoms with van der Waals surface area (Å²) in [7, 11) is 0. The molecule has 0 radical (unpaired) electrons.